The van der Waals surface area contributed by atoms with Gasteiger partial charge < -0.3 is 9.84 Å². The molecule has 110 valence electrons. The van der Waals surface area contributed by atoms with Gasteiger partial charge in [0.05, 0.1) is 23.5 Å². The molecule has 0 aliphatic carbocycles. The Hall–Kier alpha value is -1.47. The number of hydrogen-bond donors (Lipinski definition) is 1. The number of phenols is 1. The maximum Gasteiger partial charge on any atom is 0.273 e. The Morgan fingerprint density at radius 3 is 2.90 bits per heavy atom. The fourth-order valence-electron chi connectivity index (χ4n) is 2.29. The number of non-ortho nitro benzene ring substituents is 1. The molecule has 1 N–H and O–H groups in total. The van der Waals surface area contributed by atoms with Crippen LogP contribution < -0.4 is 4.74 Å². The molecule has 1 aromatic carbocycles. The monoisotopic (exact) mass is 298 g/mol. The van der Waals surface area contributed by atoms with Gasteiger partial charge in [-0.05, 0) is 19.9 Å². The van der Waals surface area contributed by atoms with Crippen molar-refractivity contribution in [2.24, 2.45) is 0 Å². The number of methoxy groups -OCH3 is 1. The number of benzene rings is 1. The number of phenolic OH excluding ortho intramolecular Hbond substituents is 1. The van der Waals surface area contributed by atoms with Gasteiger partial charge in [-0.2, -0.15) is 0 Å². The number of rotatable bonds is 5. The summed E-state index contributed by atoms with van der Waals surface area (Å²) < 4.78 is 5.00. The number of thioether (sulfide) groups is 1. The first-order valence-electron chi connectivity index (χ1n) is 6.39. The van der Waals surface area contributed by atoms with Gasteiger partial charge in [0.2, 0.25) is 0 Å². The Labute approximate surface area is 121 Å². The fraction of sp³-hybridized carbons (Fsp3) is 0.538. The number of nitrogens with zero attached hydrogens (tertiary/aromatic N) is 2. The smallest absolute Gasteiger partial charge is 0.273 e. The molecule has 0 bridgehead atoms. The van der Waals surface area contributed by atoms with Crippen LogP contribution in [0.5, 0.6) is 11.5 Å². The molecule has 0 radical (unpaired) electrons. The summed E-state index contributed by atoms with van der Waals surface area (Å²) in [5.74, 6) is 1.26. The summed E-state index contributed by atoms with van der Waals surface area (Å²) in [7, 11) is 3.46. The summed E-state index contributed by atoms with van der Waals surface area (Å²) in [6.45, 7) is 1.06. The Morgan fingerprint density at radius 2 is 2.35 bits per heavy atom. The van der Waals surface area contributed by atoms with Crippen molar-refractivity contribution in [3.05, 3.63) is 27.8 Å². The molecule has 1 aromatic rings. The highest BCUT2D eigenvalue weighted by Gasteiger charge is 2.23. The van der Waals surface area contributed by atoms with E-state index in [-0.39, 0.29) is 17.2 Å². The second kappa shape index (κ2) is 6.32. The maximum atomic E-state index is 10.9. The molecular formula is C13H18N2O4S. The van der Waals surface area contributed by atoms with E-state index in [1.165, 1.54) is 19.2 Å². The van der Waals surface area contributed by atoms with Gasteiger partial charge in [0.25, 0.3) is 5.69 Å². The van der Waals surface area contributed by atoms with Gasteiger partial charge in [0.1, 0.15) is 0 Å². The Balaban J connectivity index is 2.17. The molecule has 0 saturated carbocycles. The normalized spacial score (nSPS) is 19.2. The number of nitro benzene ring substituents is 1. The van der Waals surface area contributed by atoms with E-state index in [0.717, 1.165) is 18.7 Å². The molecule has 1 aliphatic heterocycles. The third-order valence-corrected chi connectivity index (χ3v) is 4.87. The van der Waals surface area contributed by atoms with Crippen LogP contribution in [0.4, 0.5) is 5.69 Å². The van der Waals surface area contributed by atoms with Crippen molar-refractivity contribution in [1.82, 2.24) is 4.90 Å². The number of hydrogen-bond acceptors (Lipinski definition) is 6. The van der Waals surface area contributed by atoms with E-state index < -0.39 is 4.92 Å². The third kappa shape index (κ3) is 3.16. The zero-order valence-electron chi connectivity index (χ0n) is 11.5. The van der Waals surface area contributed by atoms with Crippen LogP contribution in [0.3, 0.4) is 0 Å². The molecular weight excluding hydrogens is 280 g/mol. The Kier molecular flexibility index (Phi) is 4.72. The van der Waals surface area contributed by atoms with Crippen molar-refractivity contribution < 1.29 is 14.8 Å². The second-order valence-corrected chi connectivity index (χ2v) is 6.04. The van der Waals surface area contributed by atoms with Crippen molar-refractivity contribution in [1.29, 1.82) is 0 Å². The first-order chi connectivity index (χ1) is 9.52. The largest absolute Gasteiger partial charge is 0.504 e. The van der Waals surface area contributed by atoms with E-state index in [1.807, 2.05) is 11.8 Å². The summed E-state index contributed by atoms with van der Waals surface area (Å²) in [4.78, 5) is 12.7. The van der Waals surface area contributed by atoms with Crippen LogP contribution in [0.2, 0.25) is 0 Å². The van der Waals surface area contributed by atoms with Crippen molar-refractivity contribution in [2.45, 2.75) is 18.2 Å². The SMILES string of the molecule is COc1cc([N+](=O)[O-])cc(CCC2SCCN2C)c1O. The molecule has 1 fully saturated rings. The van der Waals surface area contributed by atoms with Crippen LogP contribution in [0, 0.1) is 10.1 Å². The third-order valence-electron chi connectivity index (χ3n) is 3.48. The lowest BCUT2D eigenvalue weighted by Crippen LogP contribution is -2.23. The van der Waals surface area contributed by atoms with E-state index in [0.29, 0.717) is 17.4 Å². The average molecular weight is 298 g/mol. The van der Waals surface area contributed by atoms with E-state index >= 15 is 0 Å². The van der Waals surface area contributed by atoms with Crippen LogP contribution in [0.15, 0.2) is 12.1 Å². The predicted molar refractivity (Wildman–Crippen MR) is 78.5 cm³/mol. The highest BCUT2D eigenvalue weighted by atomic mass is 32.2. The van der Waals surface area contributed by atoms with Gasteiger partial charge in [-0.3, -0.25) is 15.0 Å². The molecule has 1 aliphatic rings. The van der Waals surface area contributed by atoms with Crippen LogP contribution in [-0.4, -0.2) is 46.8 Å². The average Bonchev–Trinajstić information content (AvgIpc) is 2.83. The van der Waals surface area contributed by atoms with Crippen LogP contribution in [0.1, 0.15) is 12.0 Å². The zero-order valence-corrected chi connectivity index (χ0v) is 12.4. The van der Waals surface area contributed by atoms with Crippen molar-refractivity contribution in [3.63, 3.8) is 0 Å². The number of ether oxygens (including phenoxy) is 1. The van der Waals surface area contributed by atoms with Crippen LogP contribution in [-0.2, 0) is 6.42 Å². The van der Waals surface area contributed by atoms with Gasteiger partial charge in [-0.15, -0.1) is 11.8 Å². The molecule has 1 unspecified atom stereocenters. The van der Waals surface area contributed by atoms with Crippen LogP contribution in [0.25, 0.3) is 0 Å². The molecule has 1 heterocycles. The van der Waals surface area contributed by atoms with Crippen LogP contribution >= 0.6 is 11.8 Å². The first-order valence-corrected chi connectivity index (χ1v) is 7.44. The number of aromatic hydroxyl groups is 1. The molecule has 0 spiro atoms. The lowest BCUT2D eigenvalue weighted by atomic mass is 10.1. The zero-order chi connectivity index (χ0) is 14.7. The quantitative estimate of drug-likeness (QED) is 0.663. The minimum absolute atomic E-state index is 0.00347. The number of nitro groups is 1. The van der Waals surface area contributed by atoms with Gasteiger partial charge in [0, 0.05) is 23.9 Å². The minimum atomic E-state index is -0.470. The standard InChI is InChI=1S/C13H18N2O4S/c1-14-5-6-20-12(14)4-3-9-7-10(15(17)18)8-11(19-2)13(9)16/h7-8,12,16H,3-6H2,1-2H3. The second-order valence-electron chi connectivity index (χ2n) is 4.76. The van der Waals surface area contributed by atoms with E-state index in [2.05, 4.69) is 11.9 Å². The van der Waals surface area contributed by atoms with Crippen molar-refractivity contribution in [3.8, 4) is 11.5 Å². The van der Waals surface area contributed by atoms with Crippen molar-refractivity contribution >= 4 is 17.4 Å². The summed E-state index contributed by atoms with van der Waals surface area (Å²) in [5, 5.41) is 21.4. The van der Waals surface area contributed by atoms with Gasteiger partial charge in [-0.1, -0.05) is 0 Å². The van der Waals surface area contributed by atoms with E-state index in [4.69, 9.17) is 4.74 Å². The molecule has 20 heavy (non-hydrogen) atoms. The highest BCUT2D eigenvalue weighted by molar-refractivity contribution is 8.00. The van der Waals surface area contributed by atoms with Gasteiger partial charge in [0.15, 0.2) is 11.5 Å². The minimum Gasteiger partial charge on any atom is -0.504 e. The molecule has 2 rings (SSSR count). The highest BCUT2D eigenvalue weighted by Crippen LogP contribution is 2.36. The first kappa shape index (κ1) is 14.9. The van der Waals surface area contributed by atoms with Gasteiger partial charge >= 0.3 is 0 Å². The summed E-state index contributed by atoms with van der Waals surface area (Å²) in [5.41, 5.74) is 0.513. The van der Waals surface area contributed by atoms with Gasteiger partial charge in [-0.25, -0.2) is 0 Å². The lowest BCUT2D eigenvalue weighted by molar-refractivity contribution is -0.385. The van der Waals surface area contributed by atoms with Crippen molar-refractivity contribution in [2.75, 3.05) is 26.5 Å². The summed E-state index contributed by atoms with van der Waals surface area (Å²) in [6.07, 6.45) is 1.44. The lowest BCUT2D eigenvalue weighted by Gasteiger charge is -2.18. The summed E-state index contributed by atoms with van der Waals surface area (Å²) in [6, 6.07) is 2.67. The van der Waals surface area contributed by atoms with E-state index in [1.54, 1.807) is 0 Å². The summed E-state index contributed by atoms with van der Waals surface area (Å²) >= 11 is 1.88. The maximum absolute atomic E-state index is 10.9. The molecule has 1 saturated heterocycles. The molecule has 0 amide bonds. The number of aryl methyl sites for hydroxylation is 1. The topological polar surface area (TPSA) is 75.8 Å². The van der Waals surface area contributed by atoms with E-state index in [9.17, 15) is 15.2 Å². The fourth-order valence-corrected chi connectivity index (χ4v) is 3.60. The molecule has 7 heteroatoms. The molecule has 6 nitrogen and oxygen atoms in total. The molecule has 0 aromatic heterocycles. The predicted octanol–water partition coefficient (Wildman–Crippen LogP) is 2.25. The Morgan fingerprint density at radius 1 is 1.60 bits per heavy atom. The molecule has 1 atom stereocenters. The Bertz CT molecular complexity index is 509.